The highest BCUT2D eigenvalue weighted by Gasteiger charge is 2.25. The van der Waals surface area contributed by atoms with E-state index in [0.29, 0.717) is 32.0 Å². The summed E-state index contributed by atoms with van der Waals surface area (Å²) in [5, 5.41) is 0. The highest BCUT2D eigenvalue weighted by molar-refractivity contribution is 7.99. The maximum atomic E-state index is 11.5. The zero-order valence-electron chi connectivity index (χ0n) is 12.8. The van der Waals surface area contributed by atoms with Crippen LogP contribution in [0.1, 0.15) is 26.2 Å². The molecule has 0 saturated carbocycles. The highest BCUT2D eigenvalue weighted by Crippen LogP contribution is 2.22. The first-order valence-electron chi connectivity index (χ1n) is 7.29. The molecule has 2 unspecified atom stereocenters. The predicted octanol–water partition coefficient (Wildman–Crippen LogP) is 0.672. The minimum Gasteiger partial charge on any atom is -0.465 e. The van der Waals surface area contributed by atoms with E-state index < -0.39 is 16.1 Å². The lowest BCUT2D eigenvalue weighted by molar-refractivity contribution is -0.144. The van der Waals surface area contributed by atoms with Gasteiger partial charge in [0.05, 0.1) is 12.9 Å². The Labute approximate surface area is 131 Å². The van der Waals surface area contributed by atoms with Crippen LogP contribution in [0.3, 0.4) is 0 Å². The first kappa shape index (κ1) is 18.7. The standard InChI is InChI=1S/C13H26N2O4S2/c1-3-19-13(16)12(14)6-8-20-10-11-5-4-7-15(9-11)21(2,17)18/h11-12H,3-10,14H2,1-2H3. The van der Waals surface area contributed by atoms with E-state index in [1.54, 1.807) is 23.0 Å². The molecule has 8 heteroatoms. The van der Waals surface area contributed by atoms with E-state index in [0.717, 1.165) is 24.3 Å². The van der Waals surface area contributed by atoms with Crippen molar-refractivity contribution >= 4 is 27.8 Å². The number of hydrogen-bond donors (Lipinski definition) is 1. The minimum atomic E-state index is -3.08. The molecule has 124 valence electrons. The molecular formula is C13H26N2O4S2. The summed E-state index contributed by atoms with van der Waals surface area (Å²) in [4.78, 5) is 11.4. The lowest BCUT2D eigenvalue weighted by atomic mass is 10.0. The van der Waals surface area contributed by atoms with Gasteiger partial charge >= 0.3 is 5.97 Å². The molecular weight excluding hydrogens is 312 g/mol. The van der Waals surface area contributed by atoms with Crippen LogP contribution in [-0.2, 0) is 19.6 Å². The normalized spacial score (nSPS) is 22.0. The molecule has 0 aromatic heterocycles. The number of piperidine rings is 1. The fourth-order valence-corrected chi connectivity index (χ4v) is 4.43. The van der Waals surface area contributed by atoms with E-state index in [9.17, 15) is 13.2 Å². The van der Waals surface area contributed by atoms with Gasteiger partial charge < -0.3 is 10.5 Å². The Morgan fingerprint density at radius 3 is 2.86 bits per heavy atom. The Bertz CT molecular complexity index is 428. The molecule has 1 aliphatic heterocycles. The van der Waals surface area contributed by atoms with Crippen molar-refractivity contribution in [1.29, 1.82) is 0 Å². The summed E-state index contributed by atoms with van der Waals surface area (Å²) in [6.45, 7) is 3.35. The fourth-order valence-electron chi connectivity index (χ4n) is 2.29. The van der Waals surface area contributed by atoms with E-state index in [1.807, 2.05) is 0 Å². The van der Waals surface area contributed by atoms with Crippen molar-refractivity contribution in [1.82, 2.24) is 4.31 Å². The molecule has 1 saturated heterocycles. The van der Waals surface area contributed by atoms with E-state index in [1.165, 1.54) is 6.26 Å². The van der Waals surface area contributed by atoms with Crippen molar-refractivity contribution in [3.05, 3.63) is 0 Å². The number of thioether (sulfide) groups is 1. The fraction of sp³-hybridized carbons (Fsp3) is 0.923. The molecule has 0 aliphatic carbocycles. The monoisotopic (exact) mass is 338 g/mol. The molecule has 0 bridgehead atoms. The number of carbonyl (C=O) groups is 1. The Morgan fingerprint density at radius 2 is 2.24 bits per heavy atom. The van der Waals surface area contributed by atoms with Crippen LogP contribution < -0.4 is 5.73 Å². The second-order valence-corrected chi connectivity index (χ2v) is 8.48. The number of carbonyl (C=O) groups excluding carboxylic acids is 1. The molecule has 0 radical (unpaired) electrons. The first-order valence-corrected chi connectivity index (χ1v) is 10.3. The summed E-state index contributed by atoms with van der Waals surface area (Å²) in [6.07, 6.45) is 3.83. The lowest BCUT2D eigenvalue weighted by Gasteiger charge is -2.30. The molecule has 0 amide bonds. The Hall–Kier alpha value is -0.310. The molecule has 1 aliphatic rings. The zero-order chi connectivity index (χ0) is 15.9. The number of sulfonamides is 1. The number of esters is 1. The van der Waals surface area contributed by atoms with E-state index in [-0.39, 0.29) is 5.97 Å². The maximum absolute atomic E-state index is 11.5. The van der Waals surface area contributed by atoms with Crippen molar-refractivity contribution in [3.8, 4) is 0 Å². The first-order chi connectivity index (χ1) is 9.84. The van der Waals surface area contributed by atoms with E-state index in [2.05, 4.69) is 0 Å². The van der Waals surface area contributed by atoms with Gasteiger partial charge in [-0.25, -0.2) is 12.7 Å². The average molecular weight is 338 g/mol. The van der Waals surface area contributed by atoms with E-state index >= 15 is 0 Å². The molecule has 2 atom stereocenters. The summed E-state index contributed by atoms with van der Waals surface area (Å²) in [6, 6.07) is -0.559. The highest BCUT2D eigenvalue weighted by atomic mass is 32.2. The zero-order valence-corrected chi connectivity index (χ0v) is 14.4. The Kier molecular flexibility index (Phi) is 8.00. The topological polar surface area (TPSA) is 89.7 Å². The van der Waals surface area contributed by atoms with Crippen LogP contribution in [0.2, 0.25) is 0 Å². The number of rotatable bonds is 8. The Balaban J connectivity index is 2.22. The minimum absolute atomic E-state index is 0.348. The van der Waals surface area contributed by atoms with Gasteiger partial charge in [-0.05, 0) is 43.6 Å². The molecule has 1 rings (SSSR count). The molecule has 1 heterocycles. The molecule has 2 N–H and O–H groups in total. The summed E-state index contributed by atoms with van der Waals surface area (Å²) < 4.78 is 29.5. The second-order valence-electron chi connectivity index (χ2n) is 5.35. The van der Waals surface area contributed by atoms with E-state index in [4.69, 9.17) is 10.5 Å². The van der Waals surface area contributed by atoms with Gasteiger partial charge in [0.25, 0.3) is 0 Å². The summed E-state index contributed by atoms with van der Waals surface area (Å²) in [7, 11) is -3.08. The third-order valence-electron chi connectivity index (χ3n) is 3.47. The Morgan fingerprint density at radius 1 is 1.52 bits per heavy atom. The van der Waals surface area contributed by atoms with Gasteiger partial charge in [-0.2, -0.15) is 11.8 Å². The summed E-state index contributed by atoms with van der Waals surface area (Å²) in [5.74, 6) is 1.73. The van der Waals surface area contributed by atoms with Crippen LogP contribution in [0.5, 0.6) is 0 Å². The summed E-state index contributed by atoms with van der Waals surface area (Å²) >= 11 is 1.73. The van der Waals surface area contributed by atoms with Crippen molar-refractivity contribution in [2.45, 2.75) is 32.2 Å². The van der Waals surface area contributed by atoms with Crippen molar-refractivity contribution in [2.75, 3.05) is 37.5 Å². The predicted molar refractivity (Wildman–Crippen MR) is 85.7 cm³/mol. The third kappa shape index (κ3) is 6.99. The smallest absolute Gasteiger partial charge is 0.322 e. The molecule has 21 heavy (non-hydrogen) atoms. The van der Waals surface area contributed by atoms with Gasteiger partial charge in [0.1, 0.15) is 6.04 Å². The van der Waals surface area contributed by atoms with Gasteiger partial charge in [-0.15, -0.1) is 0 Å². The van der Waals surface area contributed by atoms with Crippen LogP contribution >= 0.6 is 11.8 Å². The molecule has 0 aromatic carbocycles. The molecule has 1 fully saturated rings. The average Bonchev–Trinajstić information content (AvgIpc) is 2.43. The lowest BCUT2D eigenvalue weighted by Crippen LogP contribution is -2.40. The maximum Gasteiger partial charge on any atom is 0.322 e. The van der Waals surface area contributed by atoms with Crippen LogP contribution in [-0.4, -0.2) is 62.2 Å². The number of nitrogens with zero attached hydrogens (tertiary/aromatic N) is 1. The van der Waals surface area contributed by atoms with Crippen LogP contribution in [0.25, 0.3) is 0 Å². The second kappa shape index (κ2) is 8.97. The van der Waals surface area contributed by atoms with Crippen molar-refractivity contribution in [3.63, 3.8) is 0 Å². The van der Waals surface area contributed by atoms with Gasteiger partial charge in [0.15, 0.2) is 0 Å². The van der Waals surface area contributed by atoms with Crippen LogP contribution in [0, 0.1) is 5.92 Å². The van der Waals surface area contributed by atoms with Crippen molar-refractivity contribution < 1.29 is 17.9 Å². The van der Waals surface area contributed by atoms with Gasteiger partial charge in [-0.1, -0.05) is 0 Å². The molecule has 6 nitrogen and oxygen atoms in total. The number of nitrogens with two attached hydrogens (primary N) is 1. The molecule has 0 aromatic rings. The third-order valence-corrected chi connectivity index (χ3v) is 5.97. The van der Waals surface area contributed by atoms with Gasteiger partial charge in [0.2, 0.25) is 10.0 Å². The molecule has 0 spiro atoms. The largest absolute Gasteiger partial charge is 0.465 e. The van der Waals surface area contributed by atoms with Gasteiger partial charge in [0, 0.05) is 13.1 Å². The number of ether oxygens (including phenoxy) is 1. The SMILES string of the molecule is CCOC(=O)C(N)CCSCC1CCCN(S(C)(=O)=O)C1. The van der Waals surface area contributed by atoms with Gasteiger partial charge in [-0.3, -0.25) is 4.79 Å². The van der Waals surface area contributed by atoms with Crippen LogP contribution in [0.15, 0.2) is 0 Å². The quantitative estimate of drug-likeness (QED) is 0.517. The van der Waals surface area contributed by atoms with Crippen LogP contribution in [0.4, 0.5) is 0 Å². The summed E-state index contributed by atoms with van der Waals surface area (Å²) in [5.41, 5.74) is 5.73. The van der Waals surface area contributed by atoms with Crippen molar-refractivity contribution in [2.24, 2.45) is 11.7 Å². The number of hydrogen-bond acceptors (Lipinski definition) is 6.